The Labute approximate surface area is 447 Å². The average Bonchev–Trinajstić information content (AvgIpc) is 3.34. The number of ether oxygens (including phenoxy) is 2. The van der Waals surface area contributed by atoms with Crippen molar-refractivity contribution in [3.05, 3.63) is 12.2 Å². The van der Waals surface area contributed by atoms with Crippen LogP contribution in [0, 0.1) is 0 Å². The van der Waals surface area contributed by atoms with E-state index in [1.807, 2.05) is 21.1 Å². The molecular weight excluding hydrogens is 918 g/mol. The van der Waals surface area contributed by atoms with Crippen LogP contribution in [0.3, 0.4) is 0 Å². The van der Waals surface area contributed by atoms with Crippen LogP contribution in [-0.4, -0.2) is 74.9 Å². The second-order valence-corrected chi connectivity index (χ2v) is 24.3. The van der Waals surface area contributed by atoms with Gasteiger partial charge in [-0.2, -0.15) is 0 Å². The number of esters is 2. The van der Waals surface area contributed by atoms with E-state index in [0.717, 1.165) is 32.1 Å². The van der Waals surface area contributed by atoms with E-state index in [1.54, 1.807) is 0 Å². The molecule has 10 heteroatoms. The topological polar surface area (TPSA) is 108 Å². The van der Waals surface area contributed by atoms with Crippen molar-refractivity contribution in [2.24, 2.45) is 0 Å². The monoisotopic (exact) mass is 1040 g/mol. The lowest BCUT2D eigenvalue weighted by Crippen LogP contribution is -2.37. The van der Waals surface area contributed by atoms with Crippen molar-refractivity contribution in [2.45, 2.75) is 328 Å². The van der Waals surface area contributed by atoms with Gasteiger partial charge in [-0.3, -0.25) is 18.6 Å². The summed E-state index contributed by atoms with van der Waals surface area (Å²) in [6.45, 7) is 4.51. The van der Waals surface area contributed by atoms with E-state index >= 15 is 0 Å². The van der Waals surface area contributed by atoms with Gasteiger partial charge in [0.05, 0.1) is 27.7 Å². The van der Waals surface area contributed by atoms with Crippen LogP contribution in [0.15, 0.2) is 12.2 Å². The molecule has 0 saturated carbocycles. The molecule has 0 radical (unpaired) electrons. The molecule has 72 heavy (non-hydrogen) atoms. The zero-order valence-electron chi connectivity index (χ0n) is 48.7. The fourth-order valence-corrected chi connectivity index (χ4v) is 10.2. The number of hydrogen-bond donors (Lipinski definition) is 1. The summed E-state index contributed by atoms with van der Waals surface area (Å²) >= 11 is 0. The minimum Gasteiger partial charge on any atom is -0.462 e. The van der Waals surface area contributed by atoms with Crippen LogP contribution >= 0.6 is 7.82 Å². The summed E-state index contributed by atoms with van der Waals surface area (Å²) in [5.41, 5.74) is 0. The molecule has 0 spiro atoms. The van der Waals surface area contributed by atoms with Crippen molar-refractivity contribution in [2.75, 3.05) is 47.5 Å². The Hall–Kier alpha value is -1.25. The smallest absolute Gasteiger partial charge is 0.462 e. The second kappa shape index (κ2) is 54.5. The third-order valence-corrected chi connectivity index (χ3v) is 15.3. The van der Waals surface area contributed by atoms with Gasteiger partial charge < -0.3 is 18.9 Å². The Morgan fingerprint density at radius 3 is 1.03 bits per heavy atom. The van der Waals surface area contributed by atoms with Crippen LogP contribution in [0.25, 0.3) is 0 Å². The summed E-state index contributed by atoms with van der Waals surface area (Å²) in [6.07, 6.45) is 64.3. The third kappa shape index (κ3) is 58.0. The molecule has 0 aliphatic carbocycles. The van der Waals surface area contributed by atoms with E-state index in [2.05, 4.69) is 26.0 Å². The molecule has 2 unspecified atom stereocenters. The van der Waals surface area contributed by atoms with Gasteiger partial charge in [0, 0.05) is 12.8 Å². The van der Waals surface area contributed by atoms with E-state index in [0.29, 0.717) is 23.9 Å². The Morgan fingerprint density at radius 2 is 0.708 bits per heavy atom. The van der Waals surface area contributed by atoms with Crippen LogP contribution < -0.4 is 0 Å². The molecule has 0 aromatic carbocycles. The fraction of sp³-hybridized carbons (Fsp3) is 0.935. The SMILES string of the molecule is CCCCCCCCCC/C=C\CCCCCCCCCCCCCCCC(=O)OC(COC(=O)CCCCCCCCCCCCCCCCCCCCCCCCC)COP(=O)(O)OCC[N+](C)(C)C. The Bertz CT molecular complexity index is 1220. The number of carbonyl (C=O) groups excluding carboxylic acids is 2. The highest BCUT2D eigenvalue weighted by Crippen LogP contribution is 2.43. The molecule has 9 nitrogen and oxygen atoms in total. The number of nitrogens with zero attached hydrogens (tertiary/aromatic N) is 1. The number of phosphoric acid groups is 1. The predicted molar refractivity (Wildman–Crippen MR) is 308 cm³/mol. The molecule has 0 heterocycles. The second-order valence-electron chi connectivity index (χ2n) is 22.8. The quantitative estimate of drug-likeness (QED) is 0.0211. The van der Waals surface area contributed by atoms with Gasteiger partial charge >= 0.3 is 19.8 Å². The van der Waals surface area contributed by atoms with Crippen LogP contribution in [0.2, 0.25) is 0 Å². The number of phosphoric ester groups is 1. The van der Waals surface area contributed by atoms with Gasteiger partial charge in [0.15, 0.2) is 6.10 Å². The summed E-state index contributed by atoms with van der Waals surface area (Å²) < 4.78 is 34.7. The van der Waals surface area contributed by atoms with E-state index in [-0.39, 0.29) is 25.6 Å². The number of likely N-dealkylation sites (N-methyl/N-ethyl adjacent to an activating group) is 1. The average molecular weight is 1040 g/mol. The van der Waals surface area contributed by atoms with Gasteiger partial charge in [-0.05, 0) is 38.5 Å². The molecule has 0 fully saturated rings. The Balaban J connectivity index is 4.07. The summed E-state index contributed by atoms with van der Waals surface area (Å²) in [4.78, 5) is 35.8. The fourth-order valence-electron chi connectivity index (χ4n) is 9.43. The van der Waals surface area contributed by atoms with Gasteiger partial charge in [0.1, 0.15) is 19.8 Å². The molecule has 1 N–H and O–H groups in total. The first-order chi connectivity index (χ1) is 35.0. The highest BCUT2D eigenvalue weighted by Gasteiger charge is 2.27. The van der Waals surface area contributed by atoms with Gasteiger partial charge in [0.25, 0.3) is 0 Å². The summed E-state index contributed by atoms with van der Waals surface area (Å²) in [5.74, 6) is -0.775. The van der Waals surface area contributed by atoms with E-state index < -0.39 is 26.5 Å². The molecule has 0 aromatic rings. The van der Waals surface area contributed by atoms with Crippen molar-refractivity contribution >= 4 is 19.8 Å². The van der Waals surface area contributed by atoms with Crippen molar-refractivity contribution in [3.63, 3.8) is 0 Å². The lowest BCUT2D eigenvalue weighted by molar-refractivity contribution is -0.870. The molecule has 0 rings (SSSR count). The van der Waals surface area contributed by atoms with Crippen LogP contribution in [0.4, 0.5) is 0 Å². The molecule has 0 aliphatic rings. The zero-order chi connectivity index (χ0) is 52.7. The third-order valence-electron chi connectivity index (χ3n) is 14.3. The van der Waals surface area contributed by atoms with Gasteiger partial charge in [-0.1, -0.05) is 283 Å². The summed E-state index contributed by atoms with van der Waals surface area (Å²) in [5, 5.41) is 0. The van der Waals surface area contributed by atoms with Gasteiger partial charge in [0.2, 0.25) is 0 Å². The summed E-state index contributed by atoms with van der Waals surface area (Å²) in [6, 6.07) is 0. The first kappa shape index (κ1) is 70.8. The molecule has 0 saturated heterocycles. The maximum atomic E-state index is 12.8. The van der Waals surface area contributed by atoms with Crippen molar-refractivity contribution in [1.82, 2.24) is 0 Å². The first-order valence-corrected chi connectivity index (χ1v) is 32.9. The van der Waals surface area contributed by atoms with Crippen molar-refractivity contribution in [3.8, 4) is 0 Å². The number of carbonyl (C=O) groups is 2. The van der Waals surface area contributed by atoms with Crippen molar-refractivity contribution < 1.29 is 42.1 Å². The molecule has 0 amide bonds. The van der Waals surface area contributed by atoms with Gasteiger partial charge in [-0.15, -0.1) is 0 Å². The van der Waals surface area contributed by atoms with E-state index in [1.165, 1.54) is 257 Å². The molecule has 0 aromatic heterocycles. The lowest BCUT2D eigenvalue weighted by atomic mass is 10.0. The first-order valence-electron chi connectivity index (χ1n) is 31.4. The van der Waals surface area contributed by atoms with E-state index in [4.69, 9.17) is 18.5 Å². The minimum atomic E-state index is -4.38. The van der Waals surface area contributed by atoms with Crippen LogP contribution in [0.5, 0.6) is 0 Å². The zero-order valence-corrected chi connectivity index (χ0v) is 49.6. The molecule has 428 valence electrons. The predicted octanol–water partition coefficient (Wildman–Crippen LogP) is 19.6. The maximum Gasteiger partial charge on any atom is 0.472 e. The number of unbranched alkanes of at least 4 members (excludes halogenated alkanes) is 43. The van der Waals surface area contributed by atoms with Crippen LogP contribution in [0.1, 0.15) is 322 Å². The molecule has 0 bridgehead atoms. The molecule has 2 atom stereocenters. The Kier molecular flexibility index (Phi) is 53.6. The standard InChI is InChI=1S/C62H122NO8P/c1-6-8-10-12-14-16-18-20-22-24-26-28-30-31-33-35-37-39-41-43-45-47-49-51-53-55-62(65)71-60(59-70-72(66,67)69-57-56-63(3,4)5)58-68-61(64)54-52-50-48-46-44-42-40-38-36-34-32-29-27-25-23-21-19-17-15-13-11-9-7-2/h24,26,60H,6-23,25,27-59H2,1-5H3/p+1/b26-24-. The molecular formula is C62H123NO8P+. The lowest BCUT2D eigenvalue weighted by Gasteiger charge is -2.24. The molecule has 0 aliphatic heterocycles. The maximum absolute atomic E-state index is 12.8. The summed E-state index contributed by atoms with van der Waals surface area (Å²) in [7, 11) is 1.50. The Morgan fingerprint density at radius 1 is 0.417 bits per heavy atom. The van der Waals surface area contributed by atoms with E-state index in [9.17, 15) is 19.0 Å². The van der Waals surface area contributed by atoms with Gasteiger partial charge in [-0.25, -0.2) is 4.57 Å². The van der Waals surface area contributed by atoms with Crippen molar-refractivity contribution in [1.29, 1.82) is 0 Å². The number of quaternary nitrogens is 1. The normalized spacial score (nSPS) is 13.2. The number of rotatable bonds is 59. The largest absolute Gasteiger partial charge is 0.472 e. The van der Waals surface area contributed by atoms with Crippen LogP contribution in [-0.2, 0) is 32.7 Å². The number of allylic oxidation sites excluding steroid dienone is 2. The highest BCUT2D eigenvalue weighted by molar-refractivity contribution is 7.47. The number of hydrogen-bond acceptors (Lipinski definition) is 7. The minimum absolute atomic E-state index is 0.0359. The highest BCUT2D eigenvalue weighted by atomic mass is 31.2.